The first kappa shape index (κ1) is 35.1. The molecule has 0 amide bonds. The Bertz CT molecular complexity index is 625. The number of aliphatic hydroxyl groups excluding tert-OH is 2. The van der Waals surface area contributed by atoms with Crippen molar-refractivity contribution in [1.29, 1.82) is 0 Å². The van der Waals surface area contributed by atoms with Gasteiger partial charge in [0.25, 0.3) is 0 Å². The molecule has 1 unspecified atom stereocenters. The van der Waals surface area contributed by atoms with Crippen molar-refractivity contribution in [3.05, 3.63) is 36.5 Å². The first-order chi connectivity index (χ1) is 18.0. The number of allylic oxidation sites excluding steroid dienone is 5. The Morgan fingerprint density at radius 1 is 0.676 bits per heavy atom. The molecular weight excluding hydrogens is 468 g/mol. The van der Waals surface area contributed by atoms with Crippen LogP contribution in [0.15, 0.2) is 36.5 Å². The van der Waals surface area contributed by atoms with Crippen molar-refractivity contribution in [2.75, 3.05) is 13.2 Å². The molecule has 0 bridgehead atoms. The van der Waals surface area contributed by atoms with Crippen LogP contribution < -0.4 is 0 Å². The number of carbonyl (C=O) groups is 2. The van der Waals surface area contributed by atoms with Gasteiger partial charge in [-0.1, -0.05) is 108 Å². The van der Waals surface area contributed by atoms with Gasteiger partial charge < -0.3 is 19.7 Å². The third-order valence-corrected chi connectivity index (χ3v) is 5.98. The fraction of sp³-hybridized carbons (Fsp3) is 0.742. The Hall–Kier alpha value is -1.92. The normalized spacial score (nSPS) is 13.5. The van der Waals surface area contributed by atoms with Crippen LogP contribution in [0.2, 0.25) is 0 Å². The van der Waals surface area contributed by atoms with Gasteiger partial charge in [0, 0.05) is 12.8 Å². The lowest BCUT2D eigenvalue weighted by Gasteiger charge is -2.12. The number of hydrogen-bond acceptors (Lipinski definition) is 6. The van der Waals surface area contributed by atoms with Crippen LogP contribution >= 0.6 is 0 Å². The number of rotatable bonds is 25. The molecule has 0 aliphatic heterocycles. The molecule has 0 aromatic heterocycles. The Labute approximate surface area is 226 Å². The van der Waals surface area contributed by atoms with Crippen molar-refractivity contribution in [3.8, 4) is 0 Å². The van der Waals surface area contributed by atoms with E-state index in [1.54, 1.807) is 6.08 Å². The standard InChI is InChI=1S/C31H54O6/c1-3-5-7-9-10-11-12-13-14-15-16-18-19-22-28(32)23-21-25-31(35)37-27-29(33)26-36-30(34)24-20-17-8-6-4-2/h13-14,16,18-19,22,28-29,32-33H,3-12,15,17,20-21,23-27H2,1-2H3/b14-13+,18-16+,22-19+/t28?,29-/m1/s1. The molecule has 214 valence electrons. The van der Waals surface area contributed by atoms with Crippen molar-refractivity contribution in [1.82, 2.24) is 0 Å². The summed E-state index contributed by atoms with van der Waals surface area (Å²) < 4.78 is 10.1. The van der Waals surface area contributed by atoms with Crippen LogP contribution in [0.25, 0.3) is 0 Å². The van der Waals surface area contributed by atoms with E-state index in [0.29, 0.717) is 19.3 Å². The largest absolute Gasteiger partial charge is 0.463 e. The lowest BCUT2D eigenvalue weighted by atomic mass is 10.1. The van der Waals surface area contributed by atoms with E-state index in [9.17, 15) is 19.8 Å². The van der Waals surface area contributed by atoms with Gasteiger partial charge in [0.2, 0.25) is 0 Å². The van der Waals surface area contributed by atoms with Crippen molar-refractivity contribution in [2.45, 2.75) is 135 Å². The summed E-state index contributed by atoms with van der Waals surface area (Å²) in [6.07, 6.45) is 26.9. The molecule has 2 N–H and O–H groups in total. The van der Waals surface area contributed by atoms with Gasteiger partial charge in [0.05, 0.1) is 6.10 Å². The van der Waals surface area contributed by atoms with E-state index in [2.05, 4.69) is 32.1 Å². The van der Waals surface area contributed by atoms with Crippen molar-refractivity contribution in [2.24, 2.45) is 0 Å². The summed E-state index contributed by atoms with van der Waals surface area (Å²) in [5, 5.41) is 19.8. The van der Waals surface area contributed by atoms with E-state index >= 15 is 0 Å². The minimum Gasteiger partial charge on any atom is -0.463 e. The lowest BCUT2D eigenvalue weighted by molar-refractivity contribution is -0.152. The Morgan fingerprint density at radius 2 is 1.24 bits per heavy atom. The van der Waals surface area contributed by atoms with Crippen LogP contribution in [0.1, 0.15) is 123 Å². The van der Waals surface area contributed by atoms with E-state index in [1.165, 1.54) is 44.9 Å². The predicted molar refractivity (Wildman–Crippen MR) is 151 cm³/mol. The second kappa shape index (κ2) is 27.1. The molecular formula is C31H54O6. The molecule has 0 fully saturated rings. The highest BCUT2D eigenvalue weighted by Crippen LogP contribution is 2.08. The molecule has 0 aliphatic rings. The van der Waals surface area contributed by atoms with Gasteiger partial charge in [-0.2, -0.15) is 0 Å². The summed E-state index contributed by atoms with van der Waals surface area (Å²) in [5.74, 6) is -0.774. The topological polar surface area (TPSA) is 93.1 Å². The van der Waals surface area contributed by atoms with Crippen LogP contribution in [0.3, 0.4) is 0 Å². The molecule has 0 heterocycles. The van der Waals surface area contributed by atoms with Crippen molar-refractivity contribution >= 4 is 11.9 Å². The number of unbranched alkanes of at least 4 members (excludes halogenated alkanes) is 10. The fourth-order valence-corrected chi connectivity index (χ4v) is 3.68. The highest BCUT2D eigenvalue weighted by atomic mass is 16.6. The number of aliphatic hydroxyl groups is 2. The Morgan fingerprint density at radius 3 is 1.89 bits per heavy atom. The van der Waals surface area contributed by atoms with Gasteiger partial charge >= 0.3 is 11.9 Å². The van der Waals surface area contributed by atoms with E-state index in [1.807, 2.05) is 12.2 Å². The monoisotopic (exact) mass is 522 g/mol. The summed E-state index contributed by atoms with van der Waals surface area (Å²) in [6.45, 7) is 4.00. The molecule has 0 saturated heterocycles. The first-order valence-electron chi connectivity index (χ1n) is 14.6. The molecule has 0 rings (SSSR count). The molecule has 6 heteroatoms. The molecule has 0 aromatic carbocycles. The fourth-order valence-electron chi connectivity index (χ4n) is 3.68. The Kier molecular flexibility index (Phi) is 25.7. The molecule has 0 spiro atoms. The van der Waals surface area contributed by atoms with E-state index in [4.69, 9.17) is 9.47 Å². The molecule has 2 atom stereocenters. The molecule has 37 heavy (non-hydrogen) atoms. The van der Waals surface area contributed by atoms with E-state index in [-0.39, 0.29) is 25.6 Å². The van der Waals surface area contributed by atoms with Gasteiger partial charge in [-0.3, -0.25) is 9.59 Å². The van der Waals surface area contributed by atoms with Gasteiger partial charge in [0.1, 0.15) is 19.3 Å². The summed E-state index contributed by atoms with van der Waals surface area (Å²) in [6, 6.07) is 0. The summed E-state index contributed by atoms with van der Waals surface area (Å²) in [4.78, 5) is 23.5. The van der Waals surface area contributed by atoms with Gasteiger partial charge in [-0.15, -0.1) is 0 Å². The van der Waals surface area contributed by atoms with Crippen LogP contribution in [-0.2, 0) is 19.1 Å². The summed E-state index contributed by atoms with van der Waals surface area (Å²) in [5.41, 5.74) is 0. The van der Waals surface area contributed by atoms with Crippen LogP contribution in [0.5, 0.6) is 0 Å². The quantitative estimate of drug-likeness (QED) is 0.0573. The average Bonchev–Trinajstić information content (AvgIpc) is 2.88. The number of esters is 2. The maximum Gasteiger partial charge on any atom is 0.305 e. The Balaban J connectivity index is 3.71. The highest BCUT2D eigenvalue weighted by molar-refractivity contribution is 5.69. The predicted octanol–water partition coefficient (Wildman–Crippen LogP) is 7.13. The maximum atomic E-state index is 11.8. The zero-order valence-electron chi connectivity index (χ0n) is 23.6. The maximum absolute atomic E-state index is 11.8. The van der Waals surface area contributed by atoms with Gasteiger partial charge in [-0.25, -0.2) is 0 Å². The van der Waals surface area contributed by atoms with Crippen molar-refractivity contribution in [3.63, 3.8) is 0 Å². The summed E-state index contributed by atoms with van der Waals surface area (Å²) in [7, 11) is 0. The van der Waals surface area contributed by atoms with Crippen LogP contribution in [0.4, 0.5) is 0 Å². The molecule has 0 radical (unpaired) electrons. The van der Waals surface area contributed by atoms with Crippen LogP contribution in [0, 0.1) is 0 Å². The van der Waals surface area contributed by atoms with E-state index < -0.39 is 18.2 Å². The number of carbonyl (C=O) groups excluding carboxylic acids is 2. The van der Waals surface area contributed by atoms with Gasteiger partial charge in [-0.05, 0) is 38.5 Å². The zero-order chi connectivity index (χ0) is 27.4. The minimum absolute atomic E-state index is 0.161. The third kappa shape index (κ3) is 26.9. The SMILES string of the molecule is CCCCCCCC/C=C/C/C=C/C=C/C(O)CCCC(=O)OC[C@H](O)COC(=O)CCCCCCC. The molecule has 0 aromatic rings. The van der Waals surface area contributed by atoms with Gasteiger partial charge in [0.15, 0.2) is 0 Å². The lowest BCUT2D eigenvalue weighted by Crippen LogP contribution is -2.25. The second-order valence-corrected chi connectivity index (χ2v) is 9.72. The highest BCUT2D eigenvalue weighted by Gasteiger charge is 2.12. The average molecular weight is 523 g/mol. The smallest absolute Gasteiger partial charge is 0.305 e. The summed E-state index contributed by atoms with van der Waals surface area (Å²) >= 11 is 0. The second-order valence-electron chi connectivity index (χ2n) is 9.72. The van der Waals surface area contributed by atoms with E-state index in [0.717, 1.165) is 38.5 Å². The third-order valence-electron chi connectivity index (χ3n) is 5.98. The van der Waals surface area contributed by atoms with Crippen molar-refractivity contribution < 1.29 is 29.3 Å². The number of hydrogen-bond donors (Lipinski definition) is 2. The number of ether oxygens (including phenoxy) is 2. The molecule has 0 saturated carbocycles. The first-order valence-corrected chi connectivity index (χ1v) is 14.6. The van der Waals surface area contributed by atoms with Crippen LogP contribution in [-0.4, -0.2) is 47.6 Å². The molecule has 6 nitrogen and oxygen atoms in total. The minimum atomic E-state index is -1.03. The zero-order valence-corrected chi connectivity index (χ0v) is 23.6. The molecule has 0 aliphatic carbocycles.